The lowest BCUT2D eigenvalue weighted by Gasteiger charge is -2.30. The van der Waals surface area contributed by atoms with Crippen molar-refractivity contribution in [1.29, 1.82) is 0 Å². The van der Waals surface area contributed by atoms with Gasteiger partial charge in [0.1, 0.15) is 5.54 Å². The summed E-state index contributed by atoms with van der Waals surface area (Å²) in [5.41, 5.74) is -0.698. The summed E-state index contributed by atoms with van der Waals surface area (Å²) in [6.45, 7) is 7.41. The monoisotopic (exact) mass is 247 g/mol. The van der Waals surface area contributed by atoms with Gasteiger partial charge in [0.25, 0.3) is 0 Å². The lowest BCUT2D eigenvalue weighted by Crippen LogP contribution is -2.53. The number of hydrogen-bond donors (Lipinski definition) is 1. The van der Waals surface area contributed by atoms with Crippen molar-refractivity contribution in [2.45, 2.75) is 38.8 Å². The molecule has 0 saturated carbocycles. The van der Waals surface area contributed by atoms with Crippen LogP contribution in [0.2, 0.25) is 0 Å². The molecule has 17 heavy (non-hydrogen) atoms. The maximum absolute atomic E-state index is 11.7. The molecule has 5 nitrogen and oxygen atoms in total. The molecule has 0 saturated heterocycles. The fourth-order valence-corrected chi connectivity index (χ4v) is 1.62. The van der Waals surface area contributed by atoms with Crippen LogP contribution in [0.3, 0.4) is 0 Å². The van der Waals surface area contributed by atoms with Gasteiger partial charge in [-0.15, -0.1) is 0 Å². The highest BCUT2D eigenvalue weighted by molar-refractivity contribution is 5.80. The fourth-order valence-electron chi connectivity index (χ4n) is 1.62. The van der Waals surface area contributed by atoms with Crippen LogP contribution in [0.1, 0.15) is 27.2 Å². The number of carbonyl (C=O) groups is 1. The van der Waals surface area contributed by atoms with Crippen LogP contribution in [0.4, 0.5) is 0 Å². The van der Waals surface area contributed by atoms with E-state index in [1.807, 2.05) is 20.8 Å². The Morgan fingerprint density at radius 3 is 2.35 bits per heavy atom. The quantitative estimate of drug-likeness (QED) is 0.486. The van der Waals surface area contributed by atoms with Gasteiger partial charge in [0.05, 0.1) is 20.3 Å². The van der Waals surface area contributed by atoms with Gasteiger partial charge in [-0.05, 0) is 27.2 Å². The summed E-state index contributed by atoms with van der Waals surface area (Å²) in [6.07, 6.45) is 0.571. The van der Waals surface area contributed by atoms with Gasteiger partial charge < -0.3 is 14.2 Å². The average Bonchev–Trinajstić information content (AvgIpc) is 2.26. The Balaban J connectivity index is 4.15. The summed E-state index contributed by atoms with van der Waals surface area (Å²) in [4.78, 5) is 11.7. The van der Waals surface area contributed by atoms with Gasteiger partial charge in [-0.25, -0.2) is 0 Å². The Labute approximate surface area is 104 Å². The molecular weight excluding hydrogens is 222 g/mol. The van der Waals surface area contributed by atoms with Crippen LogP contribution >= 0.6 is 0 Å². The van der Waals surface area contributed by atoms with E-state index in [2.05, 4.69) is 5.32 Å². The Kier molecular flexibility index (Phi) is 8.12. The number of nitrogens with one attached hydrogen (secondary N) is 1. The summed E-state index contributed by atoms with van der Waals surface area (Å²) in [6, 6.07) is 0.207. The zero-order chi connectivity index (χ0) is 13.3. The van der Waals surface area contributed by atoms with E-state index in [-0.39, 0.29) is 12.0 Å². The van der Waals surface area contributed by atoms with Crippen LogP contribution < -0.4 is 5.32 Å². The molecule has 0 radical (unpaired) electrons. The van der Waals surface area contributed by atoms with Crippen molar-refractivity contribution in [1.82, 2.24) is 5.32 Å². The third kappa shape index (κ3) is 6.61. The van der Waals surface area contributed by atoms with Crippen molar-refractivity contribution in [2.24, 2.45) is 0 Å². The minimum Gasteiger partial charge on any atom is -0.468 e. The van der Waals surface area contributed by atoms with Crippen molar-refractivity contribution < 1.29 is 19.0 Å². The molecule has 1 atom stereocenters. The summed E-state index contributed by atoms with van der Waals surface area (Å²) < 4.78 is 15.1. The molecule has 0 spiro atoms. The van der Waals surface area contributed by atoms with Gasteiger partial charge in [-0.3, -0.25) is 10.1 Å². The van der Waals surface area contributed by atoms with E-state index >= 15 is 0 Å². The minimum atomic E-state index is -0.698. The standard InChI is InChI=1S/C12H25NO4/c1-10(2)13-12(3,11(14)16-5)6-7-17-9-8-15-4/h10,13H,6-9H2,1-5H3. The van der Waals surface area contributed by atoms with E-state index in [0.29, 0.717) is 26.2 Å². The molecule has 0 aromatic rings. The van der Waals surface area contributed by atoms with Crippen LogP contribution in [0, 0.1) is 0 Å². The van der Waals surface area contributed by atoms with Gasteiger partial charge in [-0.2, -0.15) is 0 Å². The summed E-state index contributed by atoms with van der Waals surface area (Å²) in [5, 5.41) is 3.21. The number of rotatable bonds is 9. The van der Waals surface area contributed by atoms with Gasteiger partial charge in [0.15, 0.2) is 0 Å². The highest BCUT2D eigenvalue weighted by atomic mass is 16.5. The Morgan fingerprint density at radius 1 is 1.24 bits per heavy atom. The molecule has 0 aliphatic carbocycles. The fraction of sp³-hybridized carbons (Fsp3) is 0.917. The van der Waals surface area contributed by atoms with Crippen molar-refractivity contribution >= 4 is 5.97 Å². The second-order valence-corrected chi connectivity index (χ2v) is 4.48. The summed E-state index contributed by atoms with van der Waals surface area (Å²) in [5.74, 6) is -0.262. The predicted molar refractivity (Wildman–Crippen MR) is 66.0 cm³/mol. The number of methoxy groups -OCH3 is 2. The van der Waals surface area contributed by atoms with E-state index in [0.717, 1.165) is 0 Å². The number of hydrogen-bond acceptors (Lipinski definition) is 5. The molecule has 0 aliphatic heterocycles. The number of ether oxygens (including phenoxy) is 3. The molecular formula is C12H25NO4. The molecule has 102 valence electrons. The van der Waals surface area contributed by atoms with Crippen LogP contribution in [0.15, 0.2) is 0 Å². The highest BCUT2D eigenvalue weighted by Crippen LogP contribution is 2.13. The Bertz CT molecular complexity index is 221. The molecule has 0 bridgehead atoms. The first-order valence-corrected chi connectivity index (χ1v) is 5.89. The molecule has 0 rings (SSSR count). The third-order valence-electron chi connectivity index (χ3n) is 2.42. The van der Waals surface area contributed by atoms with Crippen LogP contribution in [0.25, 0.3) is 0 Å². The van der Waals surface area contributed by atoms with Gasteiger partial charge in [-0.1, -0.05) is 0 Å². The lowest BCUT2D eigenvalue weighted by molar-refractivity contribution is -0.149. The zero-order valence-corrected chi connectivity index (χ0v) is 11.5. The molecule has 0 amide bonds. The Hall–Kier alpha value is -0.650. The lowest BCUT2D eigenvalue weighted by atomic mass is 9.97. The average molecular weight is 247 g/mol. The van der Waals surface area contributed by atoms with Crippen molar-refractivity contribution in [3.63, 3.8) is 0 Å². The first-order chi connectivity index (χ1) is 7.96. The minimum absolute atomic E-state index is 0.207. The van der Waals surface area contributed by atoms with Crippen molar-refractivity contribution in [3.8, 4) is 0 Å². The normalized spacial score (nSPS) is 14.7. The maximum Gasteiger partial charge on any atom is 0.325 e. The van der Waals surface area contributed by atoms with E-state index in [1.54, 1.807) is 7.11 Å². The molecule has 5 heteroatoms. The number of esters is 1. The van der Waals surface area contributed by atoms with E-state index in [4.69, 9.17) is 14.2 Å². The van der Waals surface area contributed by atoms with E-state index < -0.39 is 5.54 Å². The third-order valence-corrected chi connectivity index (χ3v) is 2.42. The first kappa shape index (κ1) is 16.4. The molecule has 0 heterocycles. The van der Waals surface area contributed by atoms with Crippen LogP contribution in [-0.2, 0) is 19.0 Å². The second kappa shape index (κ2) is 8.44. The predicted octanol–water partition coefficient (Wildman–Crippen LogP) is 0.969. The first-order valence-electron chi connectivity index (χ1n) is 5.89. The molecule has 1 N–H and O–H groups in total. The summed E-state index contributed by atoms with van der Waals surface area (Å²) >= 11 is 0. The SMILES string of the molecule is COCCOCCC(C)(NC(C)C)C(=O)OC. The van der Waals surface area contributed by atoms with Crippen molar-refractivity contribution in [3.05, 3.63) is 0 Å². The highest BCUT2D eigenvalue weighted by Gasteiger charge is 2.34. The largest absolute Gasteiger partial charge is 0.468 e. The molecule has 1 unspecified atom stereocenters. The maximum atomic E-state index is 11.7. The van der Waals surface area contributed by atoms with E-state index in [1.165, 1.54) is 7.11 Å². The van der Waals surface area contributed by atoms with Gasteiger partial charge in [0.2, 0.25) is 0 Å². The van der Waals surface area contributed by atoms with Crippen LogP contribution in [-0.4, -0.2) is 51.6 Å². The Morgan fingerprint density at radius 2 is 1.88 bits per heavy atom. The van der Waals surface area contributed by atoms with Crippen molar-refractivity contribution in [2.75, 3.05) is 34.0 Å². The smallest absolute Gasteiger partial charge is 0.325 e. The second-order valence-electron chi connectivity index (χ2n) is 4.48. The topological polar surface area (TPSA) is 56.8 Å². The molecule has 0 aromatic carbocycles. The zero-order valence-electron chi connectivity index (χ0n) is 11.5. The molecule has 0 aliphatic rings. The molecule has 0 aromatic heterocycles. The molecule has 0 fully saturated rings. The summed E-state index contributed by atoms with van der Waals surface area (Å²) in [7, 11) is 3.02. The van der Waals surface area contributed by atoms with Gasteiger partial charge in [0, 0.05) is 19.8 Å². The number of carbonyl (C=O) groups excluding carboxylic acids is 1. The van der Waals surface area contributed by atoms with E-state index in [9.17, 15) is 4.79 Å². The van der Waals surface area contributed by atoms with Crippen LogP contribution in [0.5, 0.6) is 0 Å². The van der Waals surface area contributed by atoms with Gasteiger partial charge >= 0.3 is 5.97 Å².